The number of para-hydroxylation sites is 1. The van der Waals surface area contributed by atoms with Crippen molar-refractivity contribution in [3.63, 3.8) is 0 Å². The van der Waals surface area contributed by atoms with Gasteiger partial charge in [0.1, 0.15) is 0 Å². The Bertz CT molecular complexity index is 1130. The fraction of sp³-hybridized carbons (Fsp3) is 0.208. The summed E-state index contributed by atoms with van der Waals surface area (Å²) >= 11 is 0. The molecule has 4 rings (SSSR count). The lowest BCUT2D eigenvalue weighted by Crippen LogP contribution is -2.28. The number of aromatic nitrogens is 3. The Morgan fingerprint density at radius 1 is 1.07 bits per heavy atom. The summed E-state index contributed by atoms with van der Waals surface area (Å²) in [6.45, 7) is 4.90. The Kier molecular flexibility index (Phi) is 5.38. The van der Waals surface area contributed by atoms with E-state index in [0.717, 1.165) is 40.7 Å². The highest BCUT2D eigenvalue weighted by Crippen LogP contribution is 2.26. The maximum absolute atomic E-state index is 13.3. The van der Waals surface area contributed by atoms with E-state index in [1.807, 2.05) is 78.5 Å². The standard InChI is InChI=1S/C24H24N4O/c1-3-21(17-10-6-5-7-11-17)27-24(29)20-14-23(18-15-25-28(4-2)16-18)26-22-13-9-8-12-19(20)22/h5-16,21H,3-4H2,1-2H3,(H,27,29). The minimum absolute atomic E-state index is 0.0399. The van der Waals surface area contributed by atoms with Crippen LogP contribution in [0.25, 0.3) is 22.2 Å². The van der Waals surface area contributed by atoms with Crippen LogP contribution in [0.2, 0.25) is 0 Å². The van der Waals surface area contributed by atoms with Gasteiger partial charge in [-0.2, -0.15) is 5.10 Å². The number of rotatable bonds is 6. The van der Waals surface area contributed by atoms with Gasteiger partial charge < -0.3 is 5.32 Å². The zero-order chi connectivity index (χ0) is 20.2. The number of fused-ring (bicyclic) bond motifs is 1. The molecule has 0 spiro atoms. The van der Waals surface area contributed by atoms with Crippen molar-refractivity contribution < 1.29 is 4.79 Å². The lowest BCUT2D eigenvalue weighted by atomic mass is 10.0. The third-order valence-corrected chi connectivity index (χ3v) is 5.13. The number of hydrogen-bond donors (Lipinski definition) is 1. The van der Waals surface area contributed by atoms with Gasteiger partial charge >= 0.3 is 0 Å². The first-order valence-corrected chi connectivity index (χ1v) is 9.98. The Morgan fingerprint density at radius 2 is 1.83 bits per heavy atom. The fourth-order valence-electron chi connectivity index (χ4n) is 3.52. The molecule has 4 aromatic rings. The fourth-order valence-corrected chi connectivity index (χ4v) is 3.52. The molecule has 5 heteroatoms. The molecule has 0 saturated carbocycles. The van der Waals surface area contributed by atoms with Crippen LogP contribution in [-0.4, -0.2) is 20.7 Å². The van der Waals surface area contributed by atoms with E-state index in [1.165, 1.54) is 0 Å². The third-order valence-electron chi connectivity index (χ3n) is 5.13. The number of nitrogens with one attached hydrogen (secondary N) is 1. The van der Waals surface area contributed by atoms with Crippen molar-refractivity contribution in [3.8, 4) is 11.3 Å². The Labute approximate surface area is 170 Å². The summed E-state index contributed by atoms with van der Waals surface area (Å²) in [5.74, 6) is -0.0940. The minimum Gasteiger partial charge on any atom is -0.345 e. The van der Waals surface area contributed by atoms with E-state index in [2.05, 4.69) is 17.3 Å². The van der Waals surface area contributed by atoms with Crippen LogP contribution in [0.4, 0.5) is 0 Å². The van der Waals surface area contributed by atoms with E-state index < -0.39 is 0 Å². The summed E-state index contributed by atoms with van der Waals surface area (Å²) in [6, 6.07) is 19.6. The van der Waals surface area contributed by atoms with Crippen LogP contribution < -0.4 is 5.32 Å². The first-order valence-electron chi connectivity index (χ1n) is 9.98. The highest BCUT2D eigenvalue weighted by Gasteiger charge is 2.18. The van der Waals surface area contributed by atoms with E-state index in [4.69, 9.17) is 4.98 Å². The number of carbonyl (C=O) groups is 1. The van der Waals surface area contributed by atoms with Crippen molar-refractivity contribution in [2.75, 3.05) is 0 Å². The van der Waals surface area contributed by atoms with Crippen LogP contribution in [0, 0.1) is 0 Å². The number of carbonyl (C=O) groups excluding carboxylic acids is 1. The third kappa shape index (κ3) is 3.90. The second-order valence-electron chi connectivity index (χ2n) is 7.00. The summed E-state index contributed by atoms with van der Waals surface area (Å²) in [6.07, 6.45) is 4.56. The van der Waals surface area contributed by atoms with Gasteiger partial charge in [-0.3, -0.25) is 9.48 Å². The average molecular weight is 384 g/mol. The molecule has 146 valence electrons. The van der Waals surface area contributed by atoms with Gasteiger partial charge in [-0.15, -0.1) is 0 Å². The Balaban J connectivity index is 1.74. The second-order valence-corrected chi connectivity index (χ2v) is 7.00. The molecule has 0 bridgehead atoms. The Morgan fingerprint density at radius 3 is 2.55 bits per heavy atom. The molecule has 29 heavy (non-hydrogen) atoms. The molecule has 1 unspecified atom stereocenters. The first-order chi connectivity index (χ1) is 14.2. The zero-order valence-corrected chi connectivity index (χ0v) is 16.7. The number of aryl methyl sites for hydroxylation is 1. The number of pyridine rings is 1. The van der Waals surface area contributed by atoms with Gasteiger partial charge in [0.25, 0.3) is 5.91 Å². The van der Waals surface area contributed by atoms with Gasteiger partial charge in [-0.1, -0.05) is 55.5 Å². The lowest BCUT2D eigenvalue weighted by Gasteiger charge is -2.18. The molecule has 0 aliphatic heterocycles. The van der Waals surface area contributed by atoms with Crippen LogP contribution in [-0.2, 0) is 6.54 Å². The molecular formula is C24H24N4O. The van der Waals surface area contributed by atoms with Crippen molar-refractivity contribution in [1.82, 2.24) is 20.1 Å². The van der Waals surface area contributed by atoms with Crippen molar-refractivity contribution >= 4 is 16.8 Å². The van der Waals surface area contributed by atoms with Gasteiger partial charge in [0.15, 0.2) is 0 Å². The predicted octanol–water partition coefficient (Wildman–Crippen LogP) is 5.00. The lowest BCUT2D eigenvalue weighted by molar-refractivity contribution is 0.0937. The van der Waals surface area contributed by atoms with Gasteiger partial charge in [0.05, 0.1) is 29.0 Å². The molecule has 1 atom stereocenters. The minimum atomic E-state index is -0.0940. The molecule has 0 fully saturated rings. The normalized spacial score (nSPS) is 12.1. The molecule has 5 nitrogen and oxygen atoms in total. The maximum Gasteiger partial charge on any atom is 0.252 e. The largest absolute Gasteiger partial charge is 0.345 e. The molecule has 0 saturated heterocycles. The second kappa shape index (κ2) is 8.27. The molecule has 0 aliphatic carbocycles. The van der Waals surface area contributed by atoms with Crippen LogP contribution >= 0.6 is 0 Å². The summed E-state index contributed by atoms with van der Waals surface area (Å²) in [4.78, 5) is 18.0. The zero-order valence-electron chi connectivity index (χ0n) is 16.7. The smallest absolute Gasteiger partial charge is 0.252 e. The van der Waals surface area contributed by atoms with Gasteiger partial charge in [-0.05, 0) is 31.0 Å². The summed E-state index contributed by atoms with van der Waals surface area (Å²) in [7, 11) is 0. The number of amides is 1. The van der Waals surface area contributed by atoms with E-state index in [0.29, 0.717) is 5.56 Å². The van der Waals surface area contributed by atoms with E-state index in [9.17, 15) is 4.79 Å². The highest BCUT2D eigenvalue weighted by atomic mass is 16.1. The quantitative estimate of drug-likeness (QED) is 0.509. The van der Waals surface area contributed by atoms with Crippen LogP contribution in [0.15, 0.2) is 73.1 Å². The molecular weight excluding hydrogens is 360 g/mol. The van der Waals surface area contributed by atoms with Gasteiger partial charge in [-0.25, -0.2) is 4.98 Å². The number of benzene rings is 2. The van der Waals surface area contributed by atoms with Gasteiger partial charge in [0.2, 0.25) is 0 Å². The molecule has 0 aliphatic rings. The molecule has 2 heterocycles. The molecule has 1 amide bonds. The van der Waals surface area contributed by atoms with Crippen molar-refractivity contribution in [1.29, 1.82) is 0 Å². The van der Waals surface area contributed by atoms with E-state index in [-0.39, 0.29) is 11.9 Å². The van der Waals surface area contributed by atoms with Crippen molar-refractivity contribution in [3.05, 3.63) is 84.2 Å². The summed E-state index contributed by atoms with van der Waals surface area (Å²) in [5, 5.41) is 8.39. The Hall–Kier alpha value is -3.47. The van der Waals surface area contributed by atoms with E-state index >= 15 is 0 Å². The number of nitrogens with zero attached hydrogens (tertiary/aromatic N) is 3. The average Bonchev–Trinajstić information content (AvgIpc) is 3.26. The number of hydrogen-bond acceptors (Lipinski definition) is 3. The summed E-state index contributed by atoms with van der Waals surface area (Å²) < 4.78 is 1.86. The maximum atomic E-state index is 13.3. The van der Waals surface area contributed by atoms with Gasteiger partial charge in [0, 0.05) is 23.7 Å². The molecule has 2 aromatic carbocycles. The first kappa shape index (κ1) is 18.9. The molecule has 1 N–H and O–H groups in total. The van der Waals surface area contributed by atoms with E-state index in [1.54, 1.807) is 6.20 Å². The van der Waals surface area contributed by atoms with Crippen LogP contribution in [0.1, 0.15) is 42.2 Å². The summed E-state index contributed by atoms with van der Waals surface area (Å²) in [5.41, 5.74) is 4.19. The highest BCUT2D eigenvalue weighted by molar-refractivity contribution is 6.07. The van der Waals surface area contributed by atoms with Crippen LogP contribution in [0.5, 0.6) is 0 Å². The molecule has 0 radical (unpaired) electrons. The SMILES string of the molecule is CCC(NC(=O)c1cc(-c2cnn(CC)c2)nc2ccccc12)c1ccccc1. The van der Waals surface area contributed by atoms with Crippen molar-refractivity contribution in [2.45, 2.75) is 32.9 Å². The molecule has 2 aromatic heterocycles. The topological polar surface area (TPSA) is 59.8 Å². The van der Waals surface area contributed by atoms with Crippen molar-refractivity contribution in [2.24, 2.45) is 0 Å². The monoisotopic (exact) mass is 384 g/mol. The van der Waals surface area contributed by atoms with Crippen LogP contribution in [0.3, 0.4) is 0 Å². The predicted molar refractivity (Wildman–Crippen MR) is 116 cm³/mol.